The molecule has 0 N–H and O–H groups in total. The average Bonchev–Trinajstić information content (AvgIpc) is 2.54. The molecule has 0 aromatic heterocycles. The minimum absolute atomic E-state index is 0.253. The Hall–Kier alpha value is -1.36. The van der Waals surface area contributed by atoms with E-state index in [9.17, 15) is 8.42 Å². The first-order valence-electron chi connectivity index (χ1n) is 6.85. The van der Waals surface area contributed by atoms with Crippen LogP contribution in [0.1, 0.15) is 17.2 Å². The van der Waals surface area contributed by atoms with Gasteiger partial charge in [-0.05, 0) is 29.7 Å². The third-order valence-corrected chi connectivity index (χ3v) is 6.07. The summed E-state index contributed by atoms with van der Waals surface area (Å²) in [6.07, 6.45) is 0.718. The van der Waals surface area contributed by atoms with Gasteiger partial charge in [0.1, 0.15) is 0 Å². The third-order valence-electron chi connectivity index (χ3n) is 3.86. The van der Waals surface area contributed by atoms with Gasteiger partial charge in [-0.2, -0.15) is 4.31 Å². The molecule has 0 fully saturated rings. The molecule has 0 saturated carbocycles. The molecular weight excluding hydrogens is 306 g/mol. The van der Waals surface area contributed by atoms with Gasteiger partial charge in [0.25, 0.3) is 0 Å². The topological polar surface area (TPSA) is 37.4 Å². The first kappa shape index (κ1) is 14.6. The van der Waals surface area contributed by atoms with Crippen molar-refractivity contribution < 1.29 is 8.42 Å². The van der Waals surface area contributed by atoms with Crippen LogP contribution in [-0.4, -0.2) is 25.1 Å². The average molecular weight is 322 g/mol. The molecule has 0 amide bonds. The second kappa shape index (κ2) is 5.79. The summed E-state index contributed by atoms with van der Waals surface area (Å²) < 4.78 is 27.2. The molecule has 0 spiro atoms. The Bertz CT molecular complexity index is 731. The summed E-state index contributed by atoms with van der Waals surface area (Å²) in [6, 6.07) is 16.1. The molecule has 1 heterocycles. The number of halogens is 1. The summed E-state index contributed by atoms with van der Waals surface area (Å²) in [5.74, 6) is 0.253. The number of sulfonamides is 1. The highest BCUT2D eigenvalue weighted by Crippen LogP contribution is 2.34. The Labute approximate surface area is 130 Å². The Morgan fingerprint density at radius 3 is 2.43 bits per heavy atom. The Morgan fingerprint density at radius 2 is 1.71 bits per heavy atom. The van der Waals surface area contributed by atoms with Gasteiger partial charge in [-0.1, -0.05) is 42.5 Å². The third kappa shape index (κ3) is 2.59. The van der Waals surface area contributed by atoms with Crippen LogP contribution >= 0.6 is 11.6 Å². The summed E-state index contributed by atoms with van der Waals surface area (Å²) in [5, 5.41) is 0. The maximum Gasteiger partial charge on any atom is 0.243 e. The number of benzene rings is 2. The number of rotatable bonds is 3. The van der Waals surface area contributed by atoms with E-state index in [2.05, 4.69) is 0 Å². The minimum atomic E-state index is -3.52. The van der Waals surface area contributed by atoms with Gasteiger partial charge in [0.2, 0.25) is 10.0 Å². The predicted molar refractivity (Wildman–Crippen MR) is 83.9 cm³/mol. The lowest BCUT2D eigenvalue weighted by Gasteiger charge is -2.35. The van der Waals surface area contributed by atoms with Crippen molar-refractivity contribution in [3.8, 4) is 0 Å². The van der Waals surface area contributed by atoms with Gasteiger partial charge in [-0.25, -0.2) is 8.42 Å². The second-order valence-corrected chi connectivity index (χ2v) is 7.25. The molecule has 0 saturated heterocycles. The fraction of sp³-hybridized carbons (Fsp3) is 0.250. The van der Waals surface area contributed by atoms with Crippen LogP contribution in [0.2, 0.25) is 0 Å². The summed E-state index contributed by atoms with van der Waals surface area (Å²) in [6.45, 7) is 0.464. The smallest absolute Gasteiger partial charge is 0.207 e. The van der Waals surface area contributed by atoms with Crippen molar-refractivity contribution in [3.05, 3.63) is 65.7 Å². The predicted octanol–water partition coefficient (Wildman–Crippen LogP) is 3.21. The Kier molecular flexibility index (Phi) is 4.02. The molecule has 5 heteroatoms. The molecule has 0 bridgehead atoms. The molecule has 3 rings (SSSR count). The first-order valence-corrected chi connectivity index (χ1v) is 8.82. The minimum Gasteiger partial charge on any atom is -0.207 e. The van der Waals surface area contributed by atoms with Crippen LogP contribution in [0, 0.1) is 0 Å². The van der Waals surface area contributed by atoms with E-state index in [0.717, 1.165) is 12.0 Å². The van der Waals surface area contributed by atoms with Gasteiger partial charge >= 0.3 is 0 Å². The van der Waals surface area contributed by atoms with E-state index in [4.69, 9.17) is 11.6 Å². The summed E-state index contributed by atoms with van der Waals surface area (Å²) in [7, 11) is -3.52. The maximum atomic E-state index is 12.8. The van der Waals surface area contributed by atoms with Crippen molar-refractivity contribution in [2.24, 2.45) is 0 Å². The maximum absolute atomic E-state index is 12.8. The van der Waals surface area contributed by atoms with Crippen molar-refractivity contribution in [1.82, 2.24) is 4.31 Å². The number of hydrogen-bond acceptors (Lipinski definition) is 2. The molecular formula is C16H16ClNO2S. The fourth-order valence-corrected chi connectivity index (χ4v) is 4.85. The molecule has 1 aliphatic heterocycles. The van der Waals surface area contributed by atoms with Gasteiger partial charge in [0.05, 0.1) is 10.9 Å². The molecule has 3 nitrogen and oxygen atoms in total. The molecule has 2 aromatic carbocycles. The molecule has 0 aliphatic carbocycles. The lowest BCUT2D eigenvalue weighted by atomic mass is 9.95. The first-order chi connectivity index (χ1) is 10.1. The van der Waals surface area contributed by atoms with E-state index in [-0.39, 0.29) is 11.9 Å². The van der Waals surface area contributed by atoms with Gasteiger partial charge in [-0.3, -0.25) is 0 Å². The van der Waals surface area contributed by atoms with E-state index in [1.54, 1.807) is 24.3 Å². The van der Waals surface area contributed by atoms with E-state index in [1.165, 1.54) is 9.87 Å². The SMILES string of the molecule is O=S(=O)(c1ccccc1)N1CCc2ccccc2C1CCl. The normalized spacial score (nSPS) is 19.2. The van der Waals surface area contributed by atoms with Gasteiger partial charge in [0, 0.05) is 12.4 Å². The zero-order chi connectivity index (χ0) is 14.9. The molecule has 21 heavy (non-hydrogen) atoms. The number of alkyl halides is 1. The number of nitrogens with zero attached hydrogens (tertiary/aromatic N) is 1. The molecule has 1 unspecified atom stereocenters. The van der Waals surface area contributed by atoms with Crippen LogP contribution in [0.3, 0.4) is 0 Å². The van der Waals surface area contributed by atoms with Crippen LogP contribution < -0.4 is 0 Å². The summed E-state index contributed by atoms with van der Waals surface area (Å²) in [5.41, 5.74) is 2.20. The molecule has 110 valence electrons. The zero-order valence-corrected chi connectivity index (χ0v) is 13.0. The summed E-state index contributed by atoms with van der Waals surface area (Å²) >= 11 is 6.09. The van der Waals surface area contributed by atoms with E-state index >= 15 is 0 Å². The van der Waals surface area contributed by atoms with Crippen LogP contribution in [-0.2, 0) is 16.4 Å². The van der Waals surface area contributed by atoms with Gasteiger partial charge < -0.3 is 0 Å². The lowest BCUT2D eigenvalue weighted by molar-refractivity contribution is 0.329. The van der Waals surface area contributed by atoms with E-state index in [0.29, 0.717) is 11.4 Å². The van der Waals surface area contributed by atoms with Crippen LogP contribution in [0.5, 0.6) is 0 Å². The zero-order valence-electron chi connectivity index (χ0n) is 11.4. The van der Waals surface area contributed by atoms with E-state index < -0.39 is 10.0 Å². The van der Waals surface area contributed by atoms with Gasteiger partial charge in [0.15, 0.2) is 0 Å². The quantitative estimate of drug-likeness (QED) is 0.814. The fourth-order valence-electron chi connectivity index (χ4n) is 2.80. The van der Waals surface area contributed by atoms with Crippen molar-refractivity contribution in [3.63, 3.8) is 0 Å². The van der Waals surface area contributed by atoms with Crippen molar-refractivity contribution >= 4 is 21.6 Å². The highest BCUT2D eigenvalue weighted by molar-refractivity contribution is 7.89. The largest absolute Gasteiger partial charge is 0.243 e. The van der Waals surface area contributed by atoms with E-state index in [1.807, 2.05) is 30.3 Å². The highest BCUT2D eigenvalue weighted by atomic mass is 35.5. The lowest BCUT2D eigenvalue weighted by Crippen LogP contribution is -2.40. The Balaban J connectivity index is 2.04. The Morgan fingerprint density at radius 1 is 1.05 bits per heavy atom. The standard InChI is InChI=1S/C16H16ClNO2S/c17-12-16-15-9-5-4-6-13(15)10-11-18(16)21(19,20)14-7-2-1-3-8-14/h1-9,16H,10-12H2. The second-order valence-electron chi connectivity index (χ2n) is 5.05. The van der Waals surface area contributed by atoms with Crippen molar-refractivity contribution in [1.29, 1.82) is 0 Å². The number of hydrogen-bond donors (Lipinski definition) is 0. The highest BCUT2D eigenvalue weighted by Gasteiger charge is 2.35. The molecule has 0 radical (unpaired) electrons. The monoisotopic (exact) mass is 321 g/mol. The number of fused-ring (bicyclic) bond motifs is 1. The van der Waals surface area contributed by atoms with Crippen LogP contribution in [0.4, 0.5) is 0 Å². The van der Waals surface area contributed by atoms with Gasteiger partial charge in [-0.15, -0.1) is 11.6 Å². The summed E-state index contributed by atoms with van der Waals surface area (Å²) in [4.78, 5) is 0.319. The molecule has 2 aromatic rings. The van der Waals surface area contributed by atoms with Crippen molar-refractivity contribution in [2.45, 2.75) is 17.4 Å². The van der Waals surface area contributed by atoms with Crippen LogP contribution in [0.15, 0.2) is 59.5 Å². The van der Waals surface area contributed by atoms with Crippen LogP contribution in [0.25, 0.3) is 0 Å². The molecule has 1 atom stereocenters. The van der Waals surface area contributed by atoms with Crippen molar-refractivity contribution in [2.75, 3.05) is 12.4 Å². The molecule has 1 aliphatic rings.